The van der Waals surface area contributed by atoms with Gasteiger partial charge in [-0.1, -0.05) is 12.1 Å². The molecule has 0 aliphatic carbocycles. The van der Waals surface area contributed by atoms with Crippen molar-refractivity contribution in [3.8, 4) is 0 Å². The van der Waals surface area contributed by atoms with Crippen LogP contribution in [0.25, 0.3) is 0 Å². The fourth-order valence-corrected chi connectivity index (χ4v) is 6.57. The van der Waals surface area contributed by atoms with Crippen molar-refractivity contribution in [2.45, 2.75) is 55.8 Å². The van der Waals surface area contributed by atoms with Crippen LogP contribution in [0.2, 0.25) is 0 Å². The average molecular weight is 509 g/mol. The molecule has 3 heterocycles. The van der Waals surface area contributed by atoms with E-state index in [9.17, 15) is 21.6 Å². The van der Waals surface area contributed by atoms with Crippen LogP contribution >= 0.6 is 11.3 Å². The zero-order valence-corrected chi connectivity index (χ0v) is 19.7. The van der Waals surface area contributed by atoms with Gasteiger partial charge in [0.1, 0.15) is 10.7 Å². The summed E-state index contributed by atoms with van der Waals surface area (Å²) in [7, 11) is -4.37. The number of hydrogen-bond acceptors (Lipinski definition) is 6. The van der Waals surface area contributed by atoms with E-state index >= 15 is 0 Å². The van der Waals surface area contributed by atoms with E-state index in [1.54, 1.807) is 6.07 Å². The van der Waals surface area contributed by atoms with Crippen LogP contribution in [-0.4, -0.2) is 30.4 Å². The molecule has 0 spiro atoms. The van der Waals surface area contributed by atoms with Crippen molar-refractivity contribution >= 4 is 32.9 Å². The Morgan fingerprint density at radius 3 is 2.44 bits per heavy atom. The summed E-state index contributed by atoms with van der Waals surface area (Å²) in [5, 5.41) is 4.17. The van der Waals surface area contributed by atoms with Crippen LogP contribution in [0.4, 0.5) is 24.7 Å². The fraction of sp³-hybridized carbons (Fsp3) is 0.348. The molecule has 34 heavy (non-hydrogen) atoms. The molecule has 180 valence electrons. The topological polar surface area (TPSA) is 74.3 Å². The number of fused-ring (bicyclic) bond motifs is 2. The van der Waals surface area contributed by atoms with Crippen LogP contribution in [0.1, 0.15) is 36.8 Å². The number of aromatic nitrogens is 1. The Labute approximate surface area is 199 Å². The maximum Gasteiger partial charge on any atom is 0.266 e. The van der Waals surface area contributed by atoms with E-state index in [1.165, 1.54) is 17.0 Å². The van der Waals surface area contributed by atoms with Gasteiger partial charge in [0.2, 0.25) is 0 Å². The van der Waals surface area contributed by atoms with Gasteiger partial charge in [-0.3, -0.25) is 9.62 Å². The van der Waals surface area contributed by atoms with E-state index in [1.807, 2.05) is 6.07 Å². The highest BCUT2D eigenvalue weighted by molar-refractivity contribution is 7.92. The van der Waals surface area contributed by atoms with Gasteiger partial charge in [0.05, 0.1) is 11.2 Å². The van der Waals surface area contributed by atoms with E-state index in [2.05, 4.69) is 19.9 Å². The van der Waals surface area contributed by atoms with Gasteiger partial charge in [-0.2, -0.15) is 0 Å². The van der Waals surface area contributed by atoms with Crippen molar-refractivity contribution in [3.05, 3.63) is 69.8 Å². The molecule has 2 fully saturated rings. The lowest BCUT2D eigenvalue weighted by Crippen LogP contribution is -2.28. The Morgan fingerprint density at radius 2 is 1.76 bits per heavy atom. The van der Waals surface area contributed by atoms with Crippen LogP contribution < -0.4 is 10.0 Å². The minimum atomic E-state index is -4.37. The summed E-state index contributed by atoms with van der Waals surface area (Å²) in [5.41, 5.74) is 2.35. The molecule has 0 amide bonds. The predicted molar refractivity (Wildman–Crippen MR) is 125 cm³/mol. The number of nitrogens with zero attached hydrogens (tertiary/aromatic N) is 2. The van der Waals surface area contributed by atoms with Crippen molar-refractivity contribution in [1.29, 1.82) is 0 Å². The third-order valence-electron chi connectivity index (χ3n) is 6.64. The Balaban J connectivity index is 1.34. The van der Waals surface area contributed by atoms with Crippen LogP contribution in [0.15, 0.2) is 46.1 Å². The Bertz CT molecular complexity index is 1280. The molecule has 6 nitrogen and oxygen atoms in total. The number of anilines is 2. The van der Waals surface area contributed by atoms with E-state index in [0.717, 1.165) is 54.7 Å². The standard InChI is InChI=1S/C23H23F3N4O2S2/c24-18-3-1-2-14(11-30-15-4-5-16(30)7-6-15)17(18)10-27-19-8-9-20(23(26)22(19)25)34(31,32)29-21-12-33-13-28-21/h1-3,8-9,12-13,15-16,27,29H,4-7,10-11H2. The third kappa shape index (κ3) is 4.39. The molecule has 2 aliphatic heterocycles. The first kappa shape index (κ1) is 23.1. The fourth-order valence-electron chi connectivity index (χ4n) is 4.94. The van der Waals surface area contributed by atoms with Crippen molar-refractivity contribution in [3.63, 3.8) is 0 Å². The molecule has 1 aromatic heterocycles. The van der Waals surface area contributed by atoms with Crippen LogP contribution in [0.5, 0.6) is 0 Å². The summed E-state index contributed by atoms with van der Waals surface area (Å²) in [6.07, 6.45) is 4.63. The van der Waals surface area contributed by atoms with E-state index in [4.69, 9.17) is 0 Å². The van der Waals surface area contributed by atoms with Gasteiger partial charge in [0.25, 0.3) is 10.0 Å². The minimum absolute atomic E-state index is 0.0190. The van der Waals surface area contributed by atoms with Gasteiger partial charge in [0.15, 0.2) is 17.5 Å². The molecule has 0 saturated carbocycles. The normalized spacial score (nSPS) is 20.1. The van der Waals surface area contributed by atoms with Gasteiger partial charge >= 0.3 is 0 Å². The number of thiazole rings is 1. The van der Waals surface area contributed by atoms with Gasteiger partial charge in [-0.05, 0) is 49.4 Å². The predicted octanol–water partition coefficient (Wildman–Crippen LogP) is 5.10. The third-order valence-corrected chi connectivity index (χ3v) is 8.59. The number of halogens is 3. The van der Waals surface area contributed by atoms with Crippen LogP contribution in [-0.2, 0) is 23.1 Å². The first-order valence-corrected chi connectivity index (χ1v) is 13.4. The molecule has 0 atom stereocenters. The average Bonchev–Trinajstić information content (AvgIpc) is 3.54. The highest BCUT2D eigenvalue weighted by Gasteiger charge is 2.39. The highest BCUT2D eigenvalue weighted by Crippen LogP contribution is 2.39. The second-order valence-corrected chi connectivity index (χ2v) is 11.0. The molecule has 0 unspecified atom stereocenters. The molecule has 3 aromatic rings. The monoisotopic (exact) mass is 508 g/mol. The largest absolute Gasteiger partial charge is 0.378 e. The molecule has 2 saturated heterocycles. The summed E-state index contributed by atoms with van der Waals surface area (Å²) in [5.74, 6) is -3.28. The van der Waals surface area contributed by atoms with E-state index in [-0.39, 0.29) is 18.1 Å². The second-order valence-electron chi connectivity index (χ2n) is 8.58. The summed E-state index contributed by atoms with van der Waals surface area (Å²) in [6.45, 7) is 0.547. The van der Waals surface area contributed by atoms with Gasteiger partial charge < -0.3 is 5.32 Å². The zero-order valence-electron chi connectivity index (χ0n) is 18.1. The summed E-state index contributed by atoms with van der Waals surface area (Å²) in [6, 6.07) is 8.00. The van der Waals surface area contributed by atoms with Crippen LogP contribution in [0.3, 0.4) is 0 Å². The molecule has 11 heteroatoms. The second kappa shape index (κ2) is 9.20. The Morgan fingerprint density at radius 1 is 1.03 bits per heavy atom. The quantitative estimate of drug-likeness (QED) is 0.443. The smallest absolute Gasteiger partial charge is 0.266 e. The molecule has 5 rings (SSSR count). The summed E-state index contributed by atoms with van der Waals surface area (Å²) >= 11 is 1.16. The lowest BCUT2D eigenvalue weighted by molar-refractivity contribution is 0.243. The van der Waals surface area contributed by atoms with Crippen molar-refractivity contribution in [2.24, 2.45) is 0 Å². The number of hydrogen-bond donors (Lipinski definition) is 2. The molecule has 2 aliphatic rings. The van der Waals surface area contributed by atoms with E-state index in [0.29, 0.717) is 24.2 Å². The molecule has 2 aromatic carbocycles. The Hall–Kier alpha value is -2.63. The summed E-state index contributed by atoms with van der Waals surface area (Å²) in [4.78, 5) is 5.36. The molecule has 0 radical (unpaired) electrons. The SMILES string of the molecule is O=S(=O)(Nc1cscn1)c1ccc(NCc2c(F)cccc2CN2C3CCC2CC3)c(F)c1F. The first-order valence-electron chi connectivity index (χ1n) is 11.0. The highest BCUT2D eigenvalue weighted by atomic mass is 32.2. The molecule has 2 N–H and O–H groups in total. The van der Waals surface area contributed by atoms with Crippen molar-refractivity contribution < 1.29 is 21.6 Å². The molecular formula is C23H23F3N4O2S2. The maximum absolute atomic E-state index is 14.8. The van der Waals surface area contributed by atoms with Crippen molar-refractivity contribution in [1.82, 2.24) is 9.88 Å². The van der Waals surface area contributed by atoms with Gasteiger partial charge in [0, 0.05) is 36.1 Å². The molecule has 2 bridgehead atoms. The lowest BCUT2D eigenvalue weighted by Gasteiger charge is -2.23. The minimum Gasteiger partial charge on any atom is -0.378 e. The molecular weight excluding hydrogens is 485 g/mol. The number of nitrogens with one attached hydrogen (secondary N) is 2. The maximum atomic E-state index is 14.8. The number of benzene rings is 2. The van der Waals surface area contributed by atoms with Crippen LogP contribution in [0, 0.1) is 17.5 Å². The number of rotatable bonds is 8. The lowest BCUT2D eigenvalue weighted by atomic mass is 10.0. The summed E-state index contributed by atoms with van der Waals surface area (Å²) < 4.78 is 71.2. The first-order chi connectivity index (χ1) is 16.3. The van der Waals surface area contributed by atoms with Gasteiger partial charge in [-0.25, -0.2) is 26.6 Å². The van der Waals surface area contributed by atoms with E-state index < -0.39 is 32.4 Å². The Kier molecular flexibility index (Phi) is 6.26. The number of sulfonamides is 1. The van der Waals surface area contributed by atoms with Crippen molar-refractivity contribution in [2.75, 3.05) is 10.0 Å². The van der Waals surface area contributed by atoms with Gasteiger partial charge in [-0.15, -0.1) is 11.3 Å². The zero-order chi connectivity index (χ0) is 23.9.